The maximum atomic E-state index is 14.0. The number of piperidine rings is 2. The van der Waals surface area contributed by atoms with E-state index in [1.807, 2.05) is 254 Å². The Morgan fingerprint density at radius 3 is 1.12 bits per heavy atom. The molecular weight excluding hydrogens is 1600 g/mol. The zero-order chi connectivity index (χ0) is 86.5. The van der Waals surface area contributed by atoms with Crippen LogP contribution in [-0.4, -0.2) is 97.2 Å². The number of likely N-dealkylation sites (tertiary alicyclic amines) is 2. The number of ether oxygens (including phenoxy) is 4. The fourth-order valence-electron chi connectivity index (χ4n) is 18.4. The second kappa shape index (κ2) is 41.9. The normalized spacial score (nSPS) is 14.8. The first-order chi connectivity index (χ1) is 61.1. The number of carbonyl (C=O) groups excluding carboxylic acids is 6. The van der Waals surface area contributed by atoms with Gasteiger partial charge in [-0.15, -0.1) is 0 Å². The molecule has 12 aromatic rings. The van der Waals surface area contributed by atoms with E-state index in [2.05, 4.69) is 83.4 Å². The van der Waals surface area contributed by atoms with E-state index >= 15 is 0 Å². The summed E-state index contributed by atoms with van der Waals surface area (Å²) < 4.78 is 25.0. The Morgan fingerprint density at radius 1 is 0.352 bits per heavy atom. The molecule has 125 heavy (non-hydrogen) atoms. The lowest BCUT2D eigenvalue weighted by Crippen LogP contribution is -2.51. The van der Waals surface area contributed by atoms with Gasteiger partial charge in [0.1, 0.15) is 25.3 Å². The van der Waals surface area contributed by atoms with Crippen molar-refractivity contribution in [2.75, 3.05) is 39.4 Å². The molecule has 2 aliphatic carbocycles. The van der Waals surface area contributed by atoms with Crippen LogP contribution in [-0.2, 0) is 75.0 Å². The maximum Gasteiger partial charge on any atom is 0.407 e. The number of rotatable bonds is 31. The van der Waals surface area contributed by atoms with Crippen molar-refractivity contribution in [3.63, 3.8) is 0 Å². The number of esters is 2. The summed E-state index contributed by atoms with van der Waals surface area (Å²) in [6, 6.07) is 98.8. The van der Waals surface area contributed by atoms with Crippen molar-refractivity contribution < 1.29 is 47.7 Å². The summed E-state index contributed by atoms with van der Waals surface area (Å²) in [5.74, 6) is -0.910. The smallest absolute Gasteiger partial charge is 0.407 e. The molecule has 2 aliphatic heterocycles. The standard InChI is InChI=1S/C55H55ClN2O5.C54H53ClN2O5/c1-39-27-33-43(34-28-39)55(42-18-6-3-7-19-42,49-24-13-14-25-50(49)56)63-52(59)26-8-2-5-17-40-29-31-41(32-30-40)37-51(53(60)58-35-15-4-16-36-58)57-54(61)62-38-48-46-22-11-9-20-44(46)45-21-10-12-23-47(45)48;1-38-29-31-42(32-30-38)54(41-20-4-2-5-21-41,48-26-11-12-27-49(48)55)62-51(58)28-13-6-17-39-18-16-19-40(35-39)36-50(52(59)57-33-14-3-15-34-57)56-53(60)61-37-47-45-24-9-7-22-43(45)44-23-8-10-25-46(44)47/h3,6-7,9-14,18-25,27-34,48,51H,2,4-5,8,15-17,26,35-38H2,1H3,(H,57,61);2,4-5,7-12,16,18-27,29-32,35,47,50H,3,6,13-15,17,28,33-34,36-37H2,1H3,(H,56,60)/t51-,55?;50-,54?/m00/s1. The number of fused-ring (bicyclic) bond motifs is 6. The van der Waals surface area contributed by atoms with Crippen molar-refractivity contribution in [3.05, 3.63) is 402 Å². The van der Waals surface area contributed by atoms with Gasteiger partial charge in [-0.2, -0.15) is 0 Å². The van der Waals surface area contributed by atoms with Crippen LogP contribution < -0.4 is 10.6 Å². The summed E-state index contributed by atoms with van der Waals surface area (Å²) in [7, 11) is 0. The van der Waals surface area contributed by atoms with Crippen molar-refractivity contribution in [1.82, 2.24) is 20.4 Å². The predicted octanol–water partition coefficient (Wildman–Crippen LogP) is 23.1. The van der Waals surface area contributed by atoms with E-state index in [9.17, 15) is 28.8 Å². The van der Waals surface area contributed by atoms with E-state index in [1.165, 1.54) is 16.7 Å². The van der Waals surface area contributed by atoms with Crippen molar-refractivity contribution in [2.24, 2.45) is 0 Å². The molecule has 2 heterocycles. The zero-order valence-corrected chi connectivity index (χ0v) is 72.7. The van der Waals surface area contributed by atoms with Crippen LogP contribution in [0.2, 0.25) is 10.0 Å². The van der Waals surface area contributed by atoms with Gasteiger partial charge < -0.3 is 39.4 Å². The second-order valence-electron chi connectivity index (χ2n) is 33.4. The number of halogens is 2. The molecule has 0 saturated carbocycles. The molecule has 0 spiro atoms. The number of amides is 4. The Labute approximate surface area is 744 Å². The van der Waals surface area contributed by atoms with Gasteiger partial charge in [-0.1, -0.05) is 332 Å². The number of aryl methyl sites for hydroxylation is 4. The third kappa shape index (κ3) is 21.0. The molecule has 2 unspecified atom stereocenters. The molecule has 2 N–H and O–H groups in total. The highest BCUT2D eigenvalue weighted by atomic mass is 35.5. The van der Waals surface area contributed by atoms with Gasteiger partial charge in [0.15, 0.2) is 11.2 Å². The largest absolute Gasteiger partial charge is 0.449 e. The Kier molecular flexibility index (Phi) is 29.3. The first kappa shape index (κ1) is 87.5. The molecule has 2 fully saturated rings. The molecular formula is C109H108Cl2N4O10. The molecule has 638 valence electrons. The van der Waals surface area contributed by atoms with Gasteiger partial charge in [0.05, 0.1) is 0 Å². The average Bonchev–Trinajstić information content (AvgIpc) is 1.72. The number of alkyl carbamates (subject to hydrolysis) is 2. The average molecular weight is 1700 g/mol. The molecule has 0 bridgehead atoms. The van der Waals surface area contributed by atoms with Crippen molar-refractivity contribution in [3.8, 4) is 22.3 Å². The van der Waals surface area contributed by atoms with Gasteiger partial charge in [0.2, 0.25) is 11.8 Å². The van der Waals surface area contributed by atoms with Crippen molar-refractivity contribution >= 4 is 59.1 Å². The van der Waals surface area contributed by atoms with Gasteiger partial charge in [0.25, 0.3) is 0 Å². The lowest BCUT2D eigenvalue weighted by Gasteiger charge is -2.36. The molecule has 2 saturated heterocycles. The Hall–Kier alpha value is -12.4. The topological polar surface area (TPSA) is 170 Å². The first-order valence-corrected chi connectivity index (χ1v) is 45.0. The fraction of sp³-hybridized carbons (Fsp3) is 0.284. The Balaban J connectivity index is 0.000000193. The third-order valence-corrected chi connectivity index (χ3v) is 25.5. The summed E-state index contributed by atoms with van der Waals surface area (Å²) in [5, 5.41) is 6.96. The van der Waals surface area contributed by atoms with Crippen LogP contribution >= 0.6 is 23.2 Å². The molecule has 4 aliphatic rings. The Bertz CT molecular complexity index is 5610. The van der Waals surface area contributed by atoms with E-state index < -0.39 is 35.5 Å². The molecule has 0 aromatic heterocycles. The van der Waals surface area contributed by atoms with E-state index in [-0.39, 0.29) is 61.6 Å². The van der Waals surface area contributed by atoms with Gasteiger partial charge in [-0.05, 0) is 170 Å². The number of nitrogens with one attached hydrogen (secondary N) is 2. The minimum Gasteiger partial charge on any atom is -0.449 e. The van der Waals surface area contributed by atoms with Crippen LogP contribution in [0, 0.1) is 13.8 Å². The van der Waals surface area contributed by atoms with Crippen LogP contribution in [0.15, 0.2) is 303 Å². The van der Waals surface area contributed by atoms with Gasteiger partial charge in [-0.25, -0.2) is 9.59 Å². The number of benzene rings is 12. The van der Waals surface area contributed by atoms with Crippen LogP contribution in [0.3, 0.4) is 0 Å². The van der Waals surface area contributed by atoms with Gasteiger partial charge in [-0.3, -0.25) is 19.2 Å². The number of nitrogens with zero attached hydrogens (tertiary/aromatic N) is 2. The SMILES string of the molecule is Cc1ccc(C(OC(=O)CCCCCc2ccc(C[C@H](NC(=O)OCC3c4ccccc4-c4ccccc43)C(=O)N3CCCCC3)cc2)(c2ccccc2)c2ccccc2Cl)cc1.Cc1ccc(C(OC(=O)CCCCc2cccc(C[C@H](NC(=O)OCC3c4ccccc4-c4ccccc43)C(=O)N3CCCCC3)c2)(c2ccccc2)c2ccccc2Cl)cc1. The molecule has 16 heteroatoms. The Morgan fingerprint density at radius 2 is 0.696 bits per heavy atom. The van der Waals surface area contributed by atoms with Gasteiger partial charge in [0, 0.05) is 107 Å². The summed E-state index contributed by atoms with van der Waals surface area (Å²) in [6.07, 6.45) is 11.4. The van der Waals surface area contributed by atoms with E-state index in [1.54, 1.807) is 0 Å². The van der Waals surface area contributed by atoms with Crippen LogP contribution in [0.1, 0.15) is 184 Å². The van der Waals surface area contributed by atoms with Crippen molar-refractivity contribution in [2.45, 2.75) is 158 Å². The number of hydrogen-bond acceptors (Lipinski definition) is 10. The zero-order valence-electron chi connectivity index (χ0n) is 71.2. The highest BCUT2D eigenvalue weighted by molar-refractivity contribution is 6.32. The monoisotopic (exact) mass is 1700 g/mol. The van der Waals surface area contributed by atoms with Crippen LogP contribution in [0.25, 0.3) is 22.3 Å². The minimum absolute atomic E-state index is 0.0665. The van der Waals surface area contributed by atoms with Crippen LogP contribution in [0.4, 0.5) is 9.59 Å². The molecule has 0 radical (unpaired) electrons. The number of hydrogen-bond donors (Lipinski definition) is 2. The molecule has 4 amide bonds. The second-order valence-corrected chi connectivity index (χ2v) is 34.2. The number of carbonyl (C=O) groups is 6. The third-order valence-electron chi connectivity index (χ3n) is 24.9. The molecule has 12 aromatic carbocycles. The predicted molar refractivity (Wildman–Crippen MR) is 495 cm³/mol. The molecule has 14 nitrogen and oxygen atoms in total. The summed E-state index contributed by atoms with van der Waals surface area (Å²) in [6.45, 7) is 7.18. The first-order valence-electron chi connectivity index (χ1n) is 44.3. The fourth-order valence-corrected chi connectivity index (χ4v) is 18.9. The minimum atomic E-state index is -1.24. The van der Waals surface area contributed by atoms with E-state index in [0.29, 0.717) is 73.0 Å². The molecule has 4 atom stereocenters. The molecule has 16 rings (SSSR count). The maximum absolute atomic E-state index is 14.0. The quantitative estimate of drug-likeness (QED) is 0.0184. The lowest BCUT2D eigenvalue weighted by atomic mass is 9.79. The highest BCUT2D eigenvalue weighted by Gasteiger charge is 2.44. The van der Waals surface area contributed by atoms with Gasteiger partial charge >= 0.3 is 24.1 Å². The summed E-state index contributed by atoms with van der Waals surface area (Å²) >= 11 is 13.7. The number of unbranched alkanes of at least 4 members (excludes halogenated alkanes) is 3. The summed E-state index contributed by atoms with van der Waals surface area (Å²) in [5.41, 5.74) is 17.8. The lowest BCUT2D eigenvalue weighted by molar-refractivity contribution is -0.154. The van der Waals surface area contributed by atoms with Crippen LogP contribution in [0.5, 0.6) is 0 Å². The van der Waals surface area contributed by atoms with Crippen molar-refractivity contribution in [1.29, 1.82) is 0 Å². The highest BCUT2D eigenvalue weighted by Crippen LogP contribution is 2.49. The van der Waals surface area contributed by atoms with E-state index in [4.69, 9.17) is 42.1 Å². The summed E-state index contributed by atoms with van der Waals surface area (Å²) in [4.78, 5) is 86.3. The van der Waals surface area contributed by atoms with E-state index in [0.717, 1.165) is 154 Å².